The zero-order valence-corrected chi connectivity index (χ0v) is 14.1. The molecule has 1 unspecified atom stereocenters. The van der Waals surface area contributed by atoms with E-state index in [1.807, 2.05) is 13.8 Å². The van der Waals surface area contributed by atoms with Crippen molar-refractivity contribution in [1.29, 1.82) is 0 Å². The van der Waals surface area contributed by atoms with Gasteiger partial charge in [-0.15, -0.1) is 11.3 Å². The summed E-state index contributed by atoms with van der Waals surface area (Å²) >= 11 is 1.25. The monoisotopic (exact) mass is 333 g/mol. The van der Waals surface area contributed by atoms with Crippen LogP contribution in [0.3, 0.4) is 0 Å². The maximum absolute atomic E-state index is 12.4. The van der Waals surface area contributed by atoms with Crippen LogP contribution in [0.5, 0.6) is 0 Å². The Morgan fingerprint density at radius 2 is 2.14 bits per heavy atom. The number of hydrogen-bond donors (Lipinski definition) is 2. The van der Waals surface area contributed by atoms with Gasteiger partial charge in [-0.2, -0.15) is 0 Å². The van der Waals surface area contributed by atoms with Crippen molar-refractivity contribution in [3.8, 4) is 0 Å². The van der Waals surface area contributed by atoms with Crippen LogP contribution in [0.1, 0.15) is 17.4 Å². The zero-order valence-electron chi connectivity index (χ0n) is 12.5. The highest BCUT2D eigenvalue weighted by Crippen LogP contribution is 2.25. The number of thiophene rings is 1. The van der Waals surface area contributed by atoms with E-state index < -0.39 is 10.0 Å². The van der Waals surface area contributed by atoms with Crippen LogP contribution in [-0.2, 0) is 21.3 Å². The van der Waals surface area contributed by atoms with Gasteiger partial charge in [0, 0.05) is 37.1 Å². The highest BCUT2D eigenvalue weighted by atomic mass is 32.2. The molecule has 120 valence electrons. The molecular weight excluding hydrogens is 310 g/mol. The molecule has 1 atom stereocenters. The summed E-state index contributed by atoms with van der Waals surface area (Å²) in [4.78, 5) is 3.12. The van der Waals surface area contributed by atoms with Gasteiger partial charge >= 0.3 is 0 Å². The molecule has 1 aromatic heterocycles. The summed E-state index contributed by atoms with van der Waals surface area (Å²) in [7, 11) is -3.47. The van der Waals surface area contributed by atoms with E-state index in [9.17, 15) is 8.42 Å². The Morgan fingerprint density at radius 1 is 1.48 bits per heavy atom. The van der Waals surface area contributed by atoms with E-state index in [4.69, 9.17) is 10.5 Å². The summed E-state index contributed by atoms with van der Waals surface area (Å²) in [6.07, 6.45) is 0. The third kappa shape index (κ3) is 4.48. The molecule has 2 rings (SSSR count). The molecule has 0 aliphatic carbocycles. The predicted octanol–water partition coefficient (Wildman–Crippen LogP) is 0.514. The number of nitrogens with two attached hydrogens (primary N) is 1. The molecule has 0 aromatic carbocycles. The van der Waals surface area contributed by atoms with Crippen molar-refractivity contribution in [2.45, 2.75) is 30.6 Å². The lowest BCUT2D eigenvalue weighted by Crippen LogP contribution is -2.45. The third-order valence-corrected chi connectivity index (χ3v) is 6.76. The van der Waals surface area contributed by atoms with Crippen LogP contribution in [0.2, 0.25) is 0 Å². The van der Waals surface area contributed by atoms with Crippen LogP contribution >= 0.6 is 11.3 Å². The molecule has 1 aromatic rings. The number of morpholine rings is 1. The van der Waals surface area contributed by atoms with Gasteiger partial charge in [-0.05, 0) is 25.5 Å². The fourth-order valence-electron chi connectivity index (χ4n) is 2.35. The second-order valence-corrected chi connectivity index (χ2v) is 8.39. The van der Waals surface area contributed by atoms with Gasteiger partial charge in [-0.25, -0.2) is 13.1 Å². The number of ether oxygens (including phenoxy) is 1. The molecule has 1 fully saturated rings. The SMILES string of the molecule is Cc1cc(S(=O)(=O)NC(C)CN2CCOCC2)sc1CN. The number of rotatable bonds is 6. The smallest absolute Gasteiger partial charge is 0.250 e. The molecule has 0 bridgehead atoms. The molecule has 0 radical (unpaired) electrons. The van der Waals surface area contributed by atoms with Gasteiger partial charge in [0.05, 0.1) is 13.2 Å². The first-order valence-electron chi connectivity index (χ1n) is 7.04. The van der Waals surface area contributed by atoms with Gasteiger partial charge in [0.1, 0.15) is 4.21 Å². The Labute approximate surface area is 130 Å². The van der Waals surface area contributed by atoms with E-state index in [1.165, 1.54) is 11.3 Å². The molecule has 0 saturated carbocycles. The van der Waals surface area contributed by atoms with E-state index >= 15 is 0 Å². The van der Waals surface area contributed by atoms with E-state index in [0.29, 0.717) is 30.5 Å². The topological polar surface area (TPSA) is 84.7 Å². The summed E-state index contributed by atoms with van der Waals surface area (Å²) in [6, 6.07) is 1.55. The predicted molar refractivity (Wildman–Crippen MR) is 84.0 cm³/mol. The Morgan fingerprint density at radius 3 is 2.71 bits per heavy atom. The van der Waals surface area contributed by atoms with Crippen molar-refractivity contribution >= 4 is 21.4 Å². The van der Waals surface area contributed by atoms with Crippen LogP contribution in [0.4, 0.5) is 0 Å². The van der Waals surface area contributed by atoms with E-state index in [2.05, 4.69) is 9.62 Å². The average Bonchev–Trinajstić information content (AvgIpc) is 2.81. The number of hydrogen-bond acceptors (Lipinski definition) is 6. The fourth-order valence-corrected chi connectivity index (χ4v) is 5.07. The van der Waals surface area contributed by atoms with Gasteiger partial charge in [-0.1, -0.05) is 0 Å². The molecule has 8 heteroatoms. The molecule has 21 heavy (non-hydrogen) atoms. The Hall–Kier alpha value is -0.510. The molecule has 1 aliphatic heterocycles. The van der Waals surface area contributed by atoms with E-state index in [0.717, 1.165) is 23.5 Å². The standard InChI is InChI=1S/C13H23N3O3S2/c1-10-7-13(20-12(10)8-14)21(17,18)15-11(2)9-16-3-5-19-6-4-16/h7,11,15H,3-6,8-9,14H2,1-2H3. The van der Waals surface area contributed by atoms with Gasteiger partial charge in [-0.3, -0.25) is 4.90 Å². The van der Waals surface area contributed by atoms with Crippen molar-refractivity contribution in [2.75, 3.05) is 32.8 Å². The maximum Gasteiger partial charge on any atom is 0.250 e. The fraction of sp³-hybridized carbons (Fsp3) is 0.692. The molecule has 6 nitrogen and oxygen atoms in total. The lowest BCUT2D eigenvalue weighted by atomic mass is 10.3. The van der Waals surface area contributed by atoms with E-state index in [1.54, 1.807) is 6.07 Å². The number of aryl methyl sites for hydroxylation is 1. The Bertz CT molecular complexity index is 565. The van der Waals surface area contributed by atoms with Crippen molar-refractivity contribution in [3.05, 3.63) is 16.5 Å². The molecule has 2 heterocycles. The molecule has 0 amide bonds. The maximum atomic E-state index is 12.4. The molecular formula is C13H23N3O3S2. The zero-order chi connectivity index (χ0) is 15.5. The minimum absolute atomic E-state index is 0.142. The minimum Gasteiger partial charge on any atom is -0.379 e. The van der Waals surface area contributed by atoms with Gasteiger partial charge in [0.2, 0.25) is 10.0 Å². The lowest BCUT2D eigenvalue weighted by Gasteiger charge is -2.29. The van der Waals surface area contributed by atoms with Crippen molar-refractivity contribution in [2.24, 2.45) is 5.73 Å². The van der Waals surface area contributed by atoms with Gasteiger partial charge in [0.15, 0.2) is 0 Å². The van der Waals surface area contributed by atoms with Crippen molar-refractivity contribution in [3.63, 3.8) is 0 Å². The second kappa shape index (κ2) is 7.17. The van der Waals surface area contributed by atoms with Gasteiger partial charge in [0.25, 0.3) is 0 Å². The average molecular weight is 333 g/mol. The molecule has 0 spiro atoms. The second-order valence-electron chi connectivity index (χ2n) is 5.31. The largest absolute Gasteiger partial charge is 0.379 e. The molecule has 1 saturated heterocycles. The summed E-state index contributed by atoms with van der Waals surface area (Å²) in [5.74, 6) is 0. The highest BCUT2D eigenvalue weighted by molar-refractivity contribution is 7.91. The van der Waals surface area contributed by atoms with Gasteiger partial charge < -0.3 is 10.5 Å². The number of nitrogens with one attached hydrogen (secondary N) is 1. The quantitative estimate of drug-likeness (QED) is 0.792. The normalized spacial score (nSPS) is 18.8. The Balaban J connectivity index is 1.98. The van der Waals surface area contributed by atoms with Crippen LogP contribution in [-0.4, -0.2) is 52.2 Å². The summed E-state index contributed by atoms with van der Waals surface area (Å²) in [5.41, 5.74) is 6.54. The molecule has 1 aliphatic rings. The molecule has 3 N–H and O–H groups in total. The lowest BCUT2D eigenvalue weighted by molar-refractivity contribution is 0.0354. The van der Waals surface area contributed by atoms with Crippen LogP contribution in [0.15, 0.2) is 10.3 Å². The first kappa shape index (κ1) is 16.9. The summed E-state index contributed by atoms with van der Waals surface area (Å²) in [5, 5.41) is 0. The van der Waals surface area contributed by atoms with Crippen molar-refractivity contribution < 1.29 is 13.2 Å². The number of nitrogens with zero attached hydrogens (tertiary/aromatic N) is 1. The summed E-state index contributed by atoms with van der Waals surface area (Å²) < 4.78 is 33.1. The first-order chi connectivity index (χ1) is 9.92. The van der Waals surface area contributed by atoms with E-state index in [-0.39, 0.29) is 6.04 Å². The van der Waals surface area contributed by atoms with Crippen LogP contribution in [0.25, 0.3) is 0 Å². The number of sulfonamides is 1. The van der Waals surface area contributed by atoms with Crippen LogP contribution < -0.4 is 10.5 Å². The van der Waals surface area contributed by atoms with Crippen molar-refractivity contribution in [1.82, 2.24) is 9.62 Å². The third-order valence-electron chi connectivity index (χ3n) is 3.44. The Kier molecular flexibility index (Phi) is 5.75. The minimum atomic E-state index is -3.47. The first-order valence-corrected chi connectivity index (χ1v) is 9.34. The summed E-state index contributed by atoms with van der Waals surface area (Å²) in [6.45, 7) is 7.95. The highest BCUT2D eigenvalue weighted by Gasteiger charge is 2.22. The van der Waals surface area contributed by atoms with Crippen LogP contribution in [0, 0.1) is 6.92 Å².